The second kappa shape index (κ2) is 10.5. The molecule has 3 heterocycles. The average Bonchev–Trinajstić information content (AvgIpc) is 3.49. The van der Waals surface area contributed by atoms with E-state index >= 15 is 0 Å². The molecule has 1 saturated heterocycles. The number of benzene rings is 1. The fourth-order valence-corrected chi connectivity index (χ4v) is 4.90. The van der Waals surface area contributed by atoms with Gasteiger partial charge in [0.1, 0.15) is 6.54 Å². The molecule has 0 N–H and O–H groups in total. The molecule has 1 saturated carbocycles. The van der Waals surface area contributed by atoms with Crippen molar-refractivity contribution in [2.75, 3.05) is 45.9 Å². The zero-order chi connectivity index (χ0) is 24.4. The van der Waals surface area contributed by atoms with Crippen LogP contribution in [0.1, 0.15) is 36.6 Å². The summed E-state index contributed by atoms with van der Waals surface area (Å²) in [6, 6.07) is 11.3. The molecule has 186 valence electrons. The van der Waals surface area contributed by atoms with Gasteiger partial charge in [0.15, 0.2) is 0 Å². The minimum atomic E-state index is -0.234. The smallest absolute Gasteiger partial charge is 0.262 e. The van der Waals surface area contributed by atoms with Crippen molar-refractivity contribution in [3.8, 4) is 0 Å². The molecule has 1 atom stereocenters. The predicted octanol–water partition coefficient (Wildman–Crippen LogP) is 2.93. The van der Waals surface area contributed by atoms with Crippen LogP contribution in [0.2, 0.25) is 5.02 Å². The first-order valence-corrected chi connectivity index (χ1v) is 12.7. The summed E-state index contributed by atoms with van der Waals surface area (Å²) in [5.41, 5.74) is 2.82. The zero-order valence-electron chi connectivity index (χ0n) is 20.1. The summed E-state index contributed by atoms with van der Waals surface area (Å²) in [5.74, 6) is -0.0221. The third-order valence-electron chi connectivity index (χ3n) is 7.01. The Morgan fingerprint density at radius 3 is 2.54 bits per heavy atom. The number of carbonyl (C=O) groups excluding carboxylic acids is 2. The number of aryl methyl sites for hydroxylation is 1. The molecule has 3 aliphatic rings. The van der Waals surface area contributed by atoms with E-state index in [0.717, 1.165) is 49.4 Å². The Kier molecular flexibility index (Phi) is 7.22. The molecule has 0 radical (unpaired) electrons. The molecule has 2 fully saturated rings. The molecule has 8 nitrogen and oxygen atoms in total. The van der Waals surface area contributed by atoms with Crippen molar-refractivity contribution in [2.45, 2.75) is 25.3 Å². The van der Waals surface area contributed by atoms with E-state index in [9.17, 15) is 9.59 Å². The van der Waals surface area contributed by atoms with Gasteiger partial charge in [-0.1, -0.05) is 23.7 Å². The lowest BCUT2D eigenvalue weighted by atomic mass is 10.0. The van der Waals surface area contributed by atoms with Crippen molar-refractivity contribution in [2.24, 2.45) is 18.1 Å². The van der Waals surface area contributed by atoms with Crippen molar-refractivity contribution in [3.63, 3.8) is 0 Å². The minimum absolute atomic E-state index is 0.0354. The number of aromatic nitrogens is 1. The molecular formula is C26H32ClN5O3. The number of morpholine rings is 1. The maximum absolute atomic E-state index is 13.7. The maximum Gasteiger partial charge on any atom is 0.262 e. The maximum atomic E-state index is 13.7. The lowest BCUT2D eigenvalue weighted by Crippen LogP contribution is -2.47. The number of ether oxygens (including phenoxy) is 1. The third-order valence-corrected chi connectivity index (χ3v) is 7.27. The summed E-state index contributed by atoms with van der Waals surface area (Å²) in [6.07, 6.45) is 4.40. The van der Waals surface area contributed by atoms with Crippen LogP contribution in [0.5, 0.6) is 0 Å². The standard InChI is InChI=1S/C26H32ClN5O3/c1-29-10-2-3-23(29)22-17-24(19-6-8-21(27)9-7-19)32(28-22)25(33)18-31(26(34)20-4-5-20)12-11-30-13-15-35-16-14-30/h2-3,6-10,20,24H,4-5,11-18H2,1H3. The van der Waals surface area contributed by atoms with Crippen LogP contribution in [0.4, 0.5) is 0 Å². The highest BCUT2D eigenvalue weighted by atomic mass is 35.5. The molecular weight excluding hydrogens is 466 g/mol. The molecule has 1 aromatic carbocycles. The van der Waals surface area contributed by atoms with E-state index in [1.807, 2.05) is 54.2 Å². The molecule has 0 spiro atoms. The second-order valence-corrected chi connectivity index (χ2v) is 9.99. The molecule has 9 heteroatoms. The van der Waals surface area contributed by atoms with Crippen molar-refractivity contribution in [1.29, 1.82) is 0 Å². The zero-order valence-corrected chi connectivity index (χ0v) is 20.9. The van der Waals surface area contributed by atoms with Gasteiger partial charge in [-0.25, -0.2) is 5.01 Å². The van der Waals surface area contributed by atoms with Gasteiger partial charge in [-0.2, -0.15) is 5.10 Å². The lowest BCUT2D eigenvalue weighted by molar-refractivity contribution is -0.142. The fourth-order valence-electron chi connectivity index (χ4n) is 4.78. The minimum Gasteiger partial charge on any atom is -0.379 e. The third kappa shape index (κ3) is 5.60. The Morgan fingerprint density at radius 2 is 1.89 bits per heavy atom. The summed E-state index contributed by atoms with van der Waals surface area (Å²) in [4.78, 5) is 30.8. The van der Waals surface area contributed by atoms with Gasteiger partial charge >= 0.3 is 0 Å². The average molecular weight is 498 g/mol. The number of carbonyl (C=O) groups is 2. The van der Waals surface area contributed by atoms with Crippen molar-refractivity contribution in [3.05, 3.63) is 58.9 Å². The topological polar surface area (TPSA) is 70.4 Å². The van der Waals surface area contributed by atoms with Gasteiger partial charge in [0.25, 0.3) is 5.91 Å². The van der Waals surface area contributed by atoms with Crippen molar-refractivity contribution in [1.82, 2.24) is 19.4 Å². The van der Waals surface area contributed by atoms with Crippen LogP contribution in [0, 0.1) is 5.92 Å². The van der Waals surface area contributed by atoms with Gasteiger partial charge in [0.05, 0.1) is 30.7 Å². The number of nitrogens with zero attached hydrogens (tertiary/aromatic N) is 5. The Bertz CT molecular complexity index is 1090. The van der Waals surface area contributed by atoms with Gasteiger partial charge in [0, 0.05) is 56.8 Å². The van der Waals surface area contributed by atoms with E-state index in [2.05, 4.69) is 4.90 Å². The van der Waals surface area contributed by atoms with Crippen LogP contribution in [-0.4, -0.2) is 82.8 Å². The van der Waals surface area contributed by atoms with E-state index in [1.54, 1.807) is 9.91 Å². The Labute approximate surface area is 211 Å². The Hall–Kier alpha value is -2.68. The van der Waals surface area contributed by atoms with Gasteiger partial charge in [0.2, 0.25) is 5.91 Å². The van der Waals surface area contributed by atoms with Crippen LogP contribution in [0.15, 0.2) is 47.7 Å². The summed E-state index contributed by atoms with van der Waals surface area (Å²) in [7, 11) is 1.97. The molecule has 1 aromatic heterocycles. The van der Waals surface area contributed by atoms with Gasteiger partial charge in [-0.3, -0.25) is 14.5 Å². The van der Waals surface area contributed by atoms with Gasteiger partial charge in [-0.15, -0.1) is 0 Å². The number of amides is 2. The quantitative estimate of drug-likeness (QED) is 0.562. The van der Waals surface area contributed by atoms with Crippen LogP contribution < -0.4 is 0 Å². The summed E-state index contributed by atoms with van der Waals surface area (Å²) < 4.78 is 7.45. The Balaban J connectivity index is 1.35. The van der Waals surface area contributed by atoms with E-state index in [4.69, 9.17) is 21.4 Å². The number of halogens is 1. The van der Waals surface area contributed by atoms with Crippen LogP contribution in [0.25, 0.3) is 0 Å². The summed E-state index contributed by atoms with van der Waals surface area (Å²) in [5, 5.41) is 7.00. The van der Waals surface area contributed by atoms with Crippen molar-refractivity contribution < 1.29 is 14.3 Å². The normalized spacial score (nSPS) is 20.7. The predicted molar refractivity (Wildman–Crippen MR) is 134 cm³/mol. The highest BCUT2D eigenvalue weighted by Gasteiger charge is 2.38. The van der Waals surface area contributed by atoms with E-state index in [0.29, 0.717) is 31.2 Å². The van der Waals surface area contributed by atoms with E-state index in [1.165, 1.54) is 0 Å². The molecule has 1 aliphatic carbocycles. The number of hydrogen-bond donors (Lipinski definition) is 0. The number of hydrazone groups is 1. The lowest BCUT2D eigenvalue weighted by Gasteiger charge is -2.31. The molecule has 2 amide bonds. The van der Waals surface area contributed by atoms with E-state index in [-0.39, 0.29) is 30.3 Å². The highest BCUT2D eigenvalue weighted by Crippen LogP contribution is 2.34. The fraction of sp³-hybridized carbons (Fsp3) is 0.500. The monoisotopic (exact) mass is 497 g/mol. The van der Waals surface area contributed by atoms with Crippen LogP contribution >= 0.6 is 11.6 Å². The van der Waals surface area contributed by atoms with Crippen LogP contribution in [-0.2, 0) is 21.4 Å². The number of hydrogen-bond acceptors (Lipinski definition) is 5. The van der Waals surface area contributed by atoms with E-state index < -0.39 is 0 Å². The molecule has 1 unspecified atom stereocenters. The van der Waals surface area contributed by atoms with Gasteiger partial charge < -0.3 is 14.2 Å². The first kappa shape index (κ1) is 24.0. The SMILES string of the molecule is Cn1cccc1C1=NN(C(=O)CN(CCN2CCOCC2)C(=O)C2CC2)C(c2ccc(Cl)cc2)C1. The molecule has 5 rings (SSSR count). The van der Waals surface area contributed by atoms with Crippen molar-refractivity contribution >= 4 is 29.1 Å². The first-order valence-electron chi connectivity index (χ1n) is 12.3. The largest absolute Gasteiger partial charge is 0.379 e. The summed E-state index contributed by atoms with van der Waals surface area (Å²) >= 11 is 6.12. The Morgan fingerprint density at radius 1 is 1.14 bits per heavy atom. The molecule has 0 bridgehead atoms. The summed E-state index contributed by atoms with van der Waals surface area (Å²) in [6.45, 7) is 4.45. The first-order chi connectivity index (χ1) is 17.0. The van der Waals surface area contributed by atoms with Crippen LogP contribution in [0.3, 0.4) is 0 Å². The highest BCUT2D eigenvalue weighted by molar-refractivity contribution is 6.30. The second-order valence-electron chi connectivity index (χ2n) is 9.55. The number of rotatable bonds is 8. The molecule has 35 heavy (non-hydrogen) atoms. The molecule has 2 aliphatic heterocycles. The van der Waals surface area contributed by atoms with Gasteiger partial charge in [-0.05, 0) is 42.7 Å². The molecule has 2 aromatic rings.